The number of anilines is 1. The van der Waals surface area contributed by atoms with Crippen molar-refractivity contribution in [1.29, 1.82) is 0 Å². The number of ether oxygens (including phenoxy) is 1. The summed E-state index contributed by atoms with van der Waals surface area (Å²) in [6, 6.07) is 5.35. The Morgan fingerprint density at radius 3 is 2.75 bits per heavy atom. The molecule has 2 amide bonds. The van der Waals surface area contributed by atoms with E-state index in [9.17, 15) is 14.9 Å². The molecule has 0 aliphatic carbocycles. The van der Waals surface area contributed by atoms with Crippen LogP contribution in [0.25, 0.3) is 0 Å². The lowest BCUT2D eigenvalue weighted by molar-refractivity contribution is -0.384. The number of nitro benzene ring substituents is 1. The van der Waals surface area contributed by atoms with E-state index >= 15 is 0 Å². The van der Waals surface area contributed by atoms with Gasteiger partial charge >= 0.3 is 6.03 Å². The number of hydrogen-bond acceptors (Lipinski definition) is 5. The minimum Gasteiger partial charge on any atom is -0.374 e. The number of benzene rings is 1. The molecule has 24 heavy (non-hydrogen) atoms. The van der Waals surface area contributed by atoms with Crippen LogP contribution < -0.4 is 10.6 Å². The van der Waals surface area contributed by atoms with Crippen molar-refractivity contribution in [3.05, 3.63) is 34.4 Å². The molecule has 2 rings (SSSR count). The first-order valence-corrected chi connectivity index (χ1v) is 8.07. The zero-order chi connectivity index (χ0) is 17.5. The largest absolute Gasteiger partial charge is 0.374 e. The Hall–Kier alpha value is -2.19. The Morgan fingerprint density at radius 2 is 2.12 bits per heavy atom. The minimum atomic E-state index is -0.479. The van der Waals surface area contributed by atoms with Gasteiger partial charge in [-0.15, -0.1) is 0 Å². The fraction of sp³-hybridized carbons (Fsp3) is 0.562. The van der Waals surface area contributed by atoms with Gasteiger partial charge in [0.15, 0.2) is 0 Å². The molecule has 1 saturated heterocycles. The van der Waals surface area contributed by atoms with Gasteiger partial charge < -0.3 is 15.4 Å². The predicted octanol–water partition coefficient (Wildman–Crippen LogP) is 2.07. The first kappa shape index (κ1) is 18.2. The van der Waals surface area contributed by atoms with Crippen LogP contribution in [0.4, 0.5) is 16.2 Å². The molecule has 1 unspecified atom stereocenters. The van der Waals surface area contributed by atoms with Crippen molar-refractivity contribution in [3.63, 3.8) is 0 Å². The number of morpholine rings is 1. The van der Waals surface area contributed by atoms with Crippen molar-refractivity contribution in [2.45, 2.75) is 20.0 Å². The van der Waals surface area contributed by atoms with E-state index < -0.39 is 4.92 Å². The van der Waals surface area contributed by atoms with Gasteiger partial charge in [-0.3, -0.25) is 15.0 Å². The number of nitro groups is 1. The number of urea groups is 1. The number of nitrogens with zero attached hydrogens (tertiary/aromatic N) is 2. The third-order valence-electron chi connectivity index (χ3n) is 3.67. The number of carbonyl (C=O) groups excluding carboxylic acids is 1. The van der Waals surface area contributed by atoms with Crippen LogP contribution in [0.2, 0.25) is 0 Å². The van der Waals surface area contributed by atoms with E-state index in [-0.39, 0.29) is 17.8 Å². The maximum atomic E-state index is 11.9. The molecule has 1 aliphatic heterocycles. The molecular formula is C16H24N4O4. The normalized spacial score (nSPS) is 18.4. The Kier molecular flexibility index (Phi) is 6.51. The standard InChI is InChI=1S/C16H24N4O4/c1-12(2)10-19-7-8-24-15(11-19)9-17-16(21)18-13-3-5-14(6-4-13)20(22)23/h3-6,12,15H,7-11H2,1-2H3,(H2,17,18,21). The molecule has 1 aromatic carbocycles. The molecule has 1 aliphatic rings. The minimum absolute atomic E-state index is 0.0122. The van der Waals surface area contributed by atoms with Gasteiger partial charge in [0.1, 0.15) is 0 Å². The molecule has 0 spiro atoms. The highest BCUT2D eigenvalue weighted by molar-refractivity contribution is 5.89. The molecule has 132 valence electrons. The van der Waals surface area contributed by atoms with Crippen molar-refractivity contribution < 1.29 is 14.5 Å². The Labute approximate surface area is 141 Å². The number of carbonyl (C=O) groups is 1. The van der Waals surface area contributed by atoms with Crippen LogP contribution in [0.1, 0.15) is 13.8 Å². The average Bonchev–Trinajstić information content (AvgIpc) is 2.53. The van der Waals surface area contributed by atoms with Gasteiger partial charge in [-0.2, -0.15) is 0 Å². The molecule has 1 fully saturated rings. The smallest absolute Gasteiger partial charge is 0.319 e. The van der Waals surface area contributed by atoms with Gasteiger partial charge in [-0.05, 0) is 18.1 Å². The van der Waals surface area contributed by atoms with Crippen LogP contribution in [-0.2, 0) is 4.74 Å². The van der Waals surface area contributed by atoms with E-state index in [0.29, 0.717) is 24.8 Å². The van der Waals surface area contributed by atoms with Crippen molar-refractivity contribution in [2.75, 3.05) is 38.1 Å². The maximum absolute atomic E-state index is 11.9. The zero-order valence-corrected chi connectivity index (χ0v) is 14.0. The lowest BCUT2D eigenvalue weighted by Gasteiger charge is -2.33. The summed E-state index contributed by atoms with van der Waals surface area (Å²) < 4.78 is 5.67. The van der Waals surface area contributed by atoms with Crippen LogP contribution in [-0.4, -0.2) is 54.7 Å². The number of nitrogens with one attached hydrogen (secondary N) is 2. The van der Waals surface area contributed by atoms with E-state index in [1.807, 2.05) is 0 Å². The lowest BCUT2D eigenvalue weighted by atomic mass is 10.2. The zero-order valence-electron chi connectivity index (χ0n) is 14.0. The Balaban J connectivity index is 1.75. The summed E-state index contributed by atoms with van der Waals surface area (Å²) in [6.07, 6.45) is -0.0277. The molecule has 0 bridgehead atoms. The van der Waals surface area contributed by atoms with E-state index in [1.165, 1.54) is 24.3 Å². The Morgan fingerprint density at radius 1 is 1.42 bits per heavy atom. The second-order valence-corrected chi connectivity index (χ2v) is 6.29. The van der Waals surface area contributed by atoms with Crippen LogP contribution in [0, 0.1) is 16.0 Å². The molecule has 1 atom stereocenters. The first-order valence-electron chi connectivity index (χ1n) is 8.07. The van der Waals surface area contributed by atoms with Crippen LogP contribution in [0.15, 0.2) is 24.3 Å². The van der Waals surface area contributed by atoms with Gasteiger partial charge in [0.05, 0.1) is 17.6 Å². The second-order valence-electron chi connectivity index (χ2n) is 6.29. The monoisotopic (exact) mass is 336 g/mol. The van der Waals surface area contributed by atoms with Crippen LogP contribution >= 0.6 is 0 Å². The summed E-state index contributed by atoms with van der Waals surface area (Å²) >= 11 is 0. The fourth-order valence-corrected chi connectivity index (χ4v) is 2.63. The highest BCUT2D eigenvalue weighted by Gasteiger charge is 2.21. The Bertz CT molecular complexity index is 562. The summed E-state index contributed by atoms with van der Waals surface area (Å²) in [6.45, 7) is 8.20. The number of rotatable bonds is 6. The van der Waals surface area contributed by atoms with Crippen molar-refractivity contribution in [1.82, 2.24) is 10.2 Å². The van der Waals surface area contributed by atoms with E-state index in [2.05, 4.69) is 29.4 Å². The highest BCUT2D eigenvalue weighted by Crippen LogP contribution is 2.15. The van der Waals surface area contributed by atoms with E-state index in [4.69, 9.17) is 4.74 Å². The molecule has 1 heterocycles. The highest BCUT2D eigenvalue weighted by atomic mass is 16.6. The van der Waals surface area contributed by atoms with E-state index in [0.717, 1.165) is 19.6 Å². The molecule has 2 N–H and O–H groups in total. The van der Waals surface area contributed by atoms with Gasteiger partial charge in [0, 0.05) is 44.0 Å². The summed E-state index contributed by atoms with van der Waals surface area (Å²) in [7, 11) is 0. The summed E-state index contributed by atoms with van der Waals surface area (Å²) in [4.78, 5) is 24.4. The number of non-ortho nitro benzene ring substituents is 1. The van der Waals surface area contributed by atoms with Gasteiger partial charge in [-0.25, -0.2) is 4.79 Å². The maximum Gasteiger partial charge on any atom is 0.319 e. The van der Waals surface area contributed by atoms with Gasteiger partial charge in [0.2, 0.25) is 0 Å². The third-order valence-corrected chi connectivity index (χ3v) is 3.67. The van der Waals surface area contributed by atoms with Crippen molar-refractivity contribution in [3.8, 4) is 0 Å². The summed E-state index contributed by atoms with van der Waals surface area (Å²) in [5.74, 6) is 0.599. The topological polar surface area (TPSA) is 96.7 Å². The summed E-state index contributed by atoms with van der Waals surface area (Å²) in [5, 5.41) is 16.0. The van der Waals surface area contributed by atoms with Crippen LogP contribution in [0.3, 0.4) is 0 Å². The molecule has 8 nitrogen and oxygen atoms in total. The first-order chi connectivity index (χ1) is 11.4. The molecule has 0 saturated carbocycles. The lowest BCUT2D eigenvalue weighted by Crippen LogP contribution is -2.48. The molecule has 1 aromatic rings. The van der Waals surface area contributed by atoms with Gasteiger partial charge in [0.25, 0.3) is 5.69 Å². The second kappa shape index (κ2) is 8.60. The molecule has 0 radical (unpaired) electrons. The number of hydrogen-bond donors (Lipinski definition) is 2. The molecule has 0 aromatic heterocycles. The SMILES string of the molecule is CC(C)CN1CCOC(CNC(=O)Nc2ccc([N+](=O)[O-])cc2)C1. The van der Waals surface area contributed by atoms with Crippen LogP contribution in [0.5, 0.6) is 0 Å². The number of amides is 2. The quantitative estimate of drug-likeness (QED) is 0.612. The van der Waals surface area contributed by atoms with E-state index in [1.54, 1.807) is 0 Å². The van der Waals surface area contributed by atoms with Crippen molar-refractivity contribution >= 4 is 17.4 Å². The fourth-order valence-electron chi connectivity index (χ4n) is 2.63. The van der Waals surface area contributed by atoms with Crippen molar-refractivity contribution in [2.24, 2.45) is 5.92 Å². The summed E-state index contributed by atoms with van der Waals surface area (Å²) in [5.41, 5.74) is 0.492. The predicted molar refractivity (Wildman–Crippen MR) is 91.1 cm³/mol. The molecular weight excluding hydrogens is 312 g/mol. The third kappa shape index (κ3) is 5.78. The average molecular weight is 336 g/mol. The van der Waals surface area contributed by atoms with Gasteiger partial charge in [-0.1, -0.05) is 13.8 Å². The molecule has 8 heteroatoms.